The van der Waals surface area contributed by atoms with Gasteiger partial charge in [0.2, 0.25) is 5.35 Å². The molecule has 64 valence electrons. The molecule has 1 aliphatic carbocycles. The monoisotopic (exact) mass is 170 g/mol. The lowest BCUT2D eigenvalue weighted by Crippen LogP contribution is -2.36. The van der Waals surface area contributed by atoms with E-state index in [1.54, 1.807) is 0 Å². The molecular formula is C12H12N+. The third-order valence-corrected chi connectivity index (χ3v) is 2.15. The molecule has 1 heteroatoms. The highest BCUT2D eigenvalue weighted by atomic mass is 14.8. The third kappa shape index (κ3) is 1.59. The van der Waals surface area contributed by atoms with Crippen molar-refractivity contribution in [2.45, 2.75) is 6.42 Å². The van der Waals surface area contributed by atoms with E-state index in [9.17, 15) is 0 Å². The Morgan fingerprint density at radius 2 is 2.15 bits per heavy atom. The van der Waals surface area contributed by atoms with Gasteiger partial charge in [-0.05, 0) is 12.5 Å². The van der Waals surface area contributed by atoms with Crippen LogP contribution in [0, 0.1) is 6.72 Å². The molecule has 0 bridgehead atoms. The summed E-state index contributed by atoms with van der Waals surface area (Å²) in [6.45, 7) is 3.93. The topological polar surface area (TPSA) is 5.90 Å². The van der Waals surface area contributed by atoms with Gasteiger partial charge in [-0.15, -0.1) is 0 Å². The molecule has 0 amide bonds. The molecule has 1 heterocycles. The third-order valence-electron chi connectivity index (χ3n) is 2.15. The van der Waals surface area contributed by atoms with E-state index in [2.05, 4.69) is 37.1 Å². The van der Waals surface area contributed by atoms with Crippen molar-refractivity contribution in [2.24, 2.45) is 0 Å². The van der Waals surface area contributed by atoms with Crippen molar-refractivity contribution in [1.82, 2.24) is 0 Å². The van der Waals surface area contributed by atoms with Crippen LogP contribution in [0.5, 0.6) is 0 Å². The van der Waals surface area contributed by atoms with Crippen molar-refractivity contribution in [3.8, 4) is 0 Å². The minimum atomic E-state index is 0.996. The average molecular weight is 170 g/mol. The van der Waals surface area contributed by atoms with Gasteiger partial charge in [0.1, 0.15) is 6.72 Å². The molecule has 0 aromatic carbocycles. The first-order chi connectivity index (χ1) is 6.38. The number of nitrogens with zero attached hydrogens (tertiary/aromatic N) is 1. The predicted molar refractivity (Wildman–Crippen MR) is 53.3 cm³/mol. The van der Waals surface area contributed by atoms with E-state index in [1.165, 1.54) is 10.9 Å². The maximum absolute atomic E-state index is 3.93. The summed E-state index contributed by atoms with van der Waals surface area (Å²) in [6.07, 6.45) is 11.4. The first-order valence-corrected chi connectivity index (χ1v) is 4.39. The number of hydrogen-bond donors (Lipinski definition) is 0. The van der Waals surface area contributed by atoms with Crippen molar-refractivity contribution in [3.63, 3.8) is 0 Å². The zero-order valence-corrected chi connectivity index (χ0v) is 7.48. The molecule has 0 fully saturated rings. The van der Waals surface area contributed by atoms with Crippen LogP contribution in [0.3, 0.4) is 0 Å². The maximum atomic E-state index is 3.93. The number of pyridine rings is 1. The molecule has 0 aliphatic heterocycles. The average Bonchev–Trinajstić information content (AvgIpc) is 2.20. The van der Waals surface area contributed by atoms with Crippen LogP contribution >= 0.6 is 0 Å². The van der Waals surface area contributed by atoms with Crippen molar-refractivity contribution >= 4 is 5.57 Å². The second-order valence-electron chi connectivity index (χ2n) is 3.07. The molecule has 1 nitrogen and oxygen atoms in total. The number of aromatic nitrogens is 1. The van der Waals surface area contributed by atoms with E-state index >= 15 is 0 Å². The molecule has 0 N–H and O–H groups in total. The lowest BCUT2D eigenvalue weighted by molar-refractivity contribution is -0.514. The lowest BCUT2D eigenvalue weighted by atomic mass is 10.1. The van der Waals surface area contributed by atoms with Crippen molar-refractivity contribution in [1.29, 1.82) is 0 Å². The Labute approximate surface area is 77.7 Å². The van der Waals surface area contributed by atoms with E-state index in [0.717, 1.165) is 6.42 Å². The fraction of sp³-hybridized carbons (Fsp3) is 0.0833. The van der Waals surface area contributed by atoms with Gasteiger partial charge >= 0.3 is 0 Å². The minimum Gasteiger partial charge on any atom is -0.174 e. The summed E-state index contributed by atoms with van der Waals surface area (Å²) >= 11 is 0. The summed E-state index contributed by atoms with van der Waals surface area (Å²) < 4.78 is 1.90. The van der Waals surface area contributed by atoms with Gasteiger partial charge in [-0.1, -0.05) is 24.3 Å². The normalized spacial score (nSPS) is 19.1. The van der Waals surface area contributed by atoms with Gasteiger partial charge < -0.3 is 0 Å². The van der Waals surface area contributed by atoms with Crippen molar-refractivity contribution < 1.29 is 4.24 Å². The highest BCUT2D eigenvalue weighted by molar-refractivity contribution is 5.58. The molecular weight excluding hydrogens is 158 g/mol. The molecule has 0 saturated carbocycles. The van der Waals surface area contributed by atoms with Crippen LogP contribution in [-0.4, -0.2) is 0 Å². The van der Waals surface area contributed by atoms with E-state index < -0.39 is 0 Å². The van der Waals surface area contributed by atoms with E-state index in [1.807, 2.05) is 22.6 Å². The Kier molecular flexibility index (Phi) is 2.09. The Morgan fingerprint density at radius 3 is 2.85 bits per heavy atom. The summed E-state index contributed by atoms with van der Waals surface area (Å²) in [5.41, 5.74) is 1.32. The molecule has 2 rings (SSSR count). The van der Waals surface area contributed by atoms with Gasteiger partial charge in [0, 0.05) is 17.7 Å². The molecule has 0 radical (unpaired) electrons. The molecule has 0 spiro atoms. The summed E-state index contributed by atoms with van der Waals surface area (Å²) in [5, 5.41) is 1.18. The smallest absolute Gasteiger partial charge is 0.174 e. The molecule has 0 saturated heterocycles. The summed E-state index contributed by atoms with van der Waals surface area (Å²) in [4.78, 5) is 0. The van der Waals surface area contributed by atoms with E-state index in [4.69, 9.17) is 0 Å². The van der Waals surface area contributed by atoms with Crippen LogP contribution in [0.2, 0.25) is 0 Å². The number of allylic oxidation sites excluding steroid dienone is 4. The summed E-state index contributed by atoms with van der Waals surface area (Å²) in [6, 6.07) is 6.11. The first-order valence-electron chi connectivity index (χ1n) is 4.39. The van der Waals surface area contributed by atoms with Gasteiger partial charge in [-0.3, -0.25) is 0 Å². The predicted octanol–water partition coefficient (Wildman–Crippen LogP) is 1.28. The fourth-order valence-electron chi connectivity index (χ4n) is 1.47. The number of rotatable bonds is 0. The number of hydrogen-bond acceptors (Lipinski definition) is 0. The fourth-order valence-corrected chi connectivity index (χ4v) is 1.47. The second kappa shape index (κ2) is 3.40. The largest absolute Gasteiger partial charge is 0.213 e. The zero-order chi connectivity index (χ0) is 9.10. The highest BCUT2D eigenvalue weighted by Crippen LogP contribution is 2.07. The maximum Gasteiger partial charge on any atom is 0.213 e. The Morgan fingerprint density at radius 1 is 1.23 bits per heavy atom. The van der Waals surface area contributed by atoms with Crippen LogP contribution in [0.25, 0.3) is 5.57 Å². The van der Waals surface area contributed by atoms with Gasteiger partial charge in [0.05, 0.1) is 0 Å². The minimum absolute atomic E-state index is 0.996. The molecule has 1 aromatic heterocycles. The quantitative estimate of drug-likeness (QED) is 0.517. The van der Waals surface area contributed by atoms with Gasteiger partial charge in [-0.2, -0.15) is 4.24 Å². The van der Waals surface area contributed by atoms with Gasteiger partial charge in [0.25, 0.3) is 0 Å². The standard InChI is InChI=1S/C12H12N/c1-13-10-6-5-9-12(13)11-7-3-2-4-8-11/h2-7,9-10H,1,8H2/q+1. The SMILES string of the molecule is C=[n+]1ccccc1=C1C=CC=CC1. The molecule has 0 atom stereocenters. The second-order valence-corrected chi connectivity index (χ2v) is 3.07. The van der Waals surface area contributed by atoms with Crippen LogP contribution < -0.4 is 9.59 Å². The Balaban J connectivity index is 2.68. The molecule has 0 unspecified atom stereocenters. The van der Waals surface area contributed by atoms with E-state index in [0.29, 0.717) is 0 Å². The zero-order valence-electron chi connectivity index (χ0n) is 7.48. The van der Waals surface area contributed by atoms with Crippen molar-refractivity contribution in [2.75, 3.05) is 0 Å². The molecule has 1 aliphatic rings. The van der Waals surface area contributed by atoms with Gasteiger partial charge in [-0.25, -0.2) is 0 Å². The van der Waals surface area contributed by atoms with Gasteiger partial charge in [0.15, 0.2) is 6.20 Å². The first kappa shape index (κ1) is 7.99. The summed E-state index contributed by atoms with van der Waals surface area (Å²) in [5.74, 6) is 0. The van der Waals surface area contributed by atoms with E-state index in [-0.39, 0.29) is 0 Å². The van der Waals surface area contributed by atoms with Crippen LogP contribution in [0.4, 0.5) is 0 Å². The Bertz CT molecular complexity index is 466. The Hall–Kier alpha value is -1.63. The van der Waals surface area contributed by atoms with Crippen LogP contribution in [0.15, 0.2) is 48.7 Å². The van der Waals surface area contributed by atoms with Crippen molar-refractivity contribution in [3.05, 3.63) is 60.8 Å². The summed E-state index contributed by atoms with van der Waals surface area (Å²) in [7, 11) is 0. The highest BCUT2D eigenvalue weighted by Gasteiger charge is 2.00. The van der Waals surface area contributed by atoms with Crippen LogP contribution in [-0.2, 0) is 0 Å². The lowest BCUT2D eigenvalue weighted by Gasteiger charge is -1.97. The molecule has 1 aromatic rings. The van der Waals surface area contributed by atoms with Crippen LogP contribution in [0.1, 0.15) is 6.42 Å². The molecule has 13 heavy (non-hydrogen) atoms.